The third kappa shape index (κ3) is 2.87. The van der Waals surface area contributed by atoms with Crippen LogP contribution in [0.1, 0.15) is 23.2 Å². The van der Waals surface area contributed by atoms with E-state index >= 15 is 0 Å². The van der Waals surface area contributed by atoms with Crippen LogP contribution in [-0.4, -0.2) is 23.5 Å². The van der Waals surface area contributed by atoms with Crippen LogP contribution in [-0.2, 0) is 4.79 Å². The van der Waals surface area contributed by atoms with Crippen molar-refractivity contribution < 1.29 is 23.8 Å². The zero-order valence-corrected chi connectivity index (χ0v) is 10.9. The number of carbonyl (C=O) groups excluding carboxylic acids is 1. The van der Waals surface area contributed by atoms with Gasteiger partial charge in [-0.05, 0) is 46.8 Å². The van der Waals surface area contributed by atoms with Gasteiger partial charge in [-0.15, -0.1) is 0 Å². The summed E-state index contributed by atoms with van der Waals surface area (Å²) in [5, 5.41) is 8.69. The molecule has 0 unspecified atom stereocenters. The van der Waals surface area contributed by atoms with Gasteiger partial charge in [0.15, 0.2) is 0 Å². The van der Waals surface area contributed by atoms with Gasteiger partial charge >= 0.3 is 5.97 Å². The molecular formula is C12H10BrFO4. The number of ether oxygens (including phenoxy) is 1. The zero-order valence-electron chi connectivity index (χ0n) is 9.28. The largest absolute Gasteiger partial charge is 0.491 e. The van der Waals surface area contributed by atoms with Crippen LogP contribution in [0.2, 0.25) is 0 Å². The summed E-state index contributed by atoms with van der Waals surface area (Å²) in [6.45, 7) is 0.407. The highest BCUT2D eigenvalue weighted by molar-refractivity contribution is 9.10. The molecule has 1 N–H and O–H groups in total. The molecule has 0 aromatic heterocycles. The number of ketones is 1. The molecule has 1 aliphatic carbocycles. The van der Waals surface area contributed by atoms with Gasteiger partial charge in [-0.25, -0.2) is 9.18 Å². The fourth-order valence-electron chi connectivity index (χ4n) is 1.48. The van der Waals surface area contributed by atoms with Gasteiger partial charge < -0.3 is 9.84 Å². The van der Waals surface area contributed by atoms with Crippen LogP contribution >= 0.6 is 15.9 Å². The highest BCUT2D eigenvalue weighted by Gasteiger charge is 2.26. The molecule has 96 valence electrons. The van der Waals surface area contributed by atoms with E-state index in [-0.39, 0.29) is 15.8 Å². The summed E-state index contributed by atoms with van der Waals surface area (Å²) in [5.41, 5.74) is -0.268. The molecule has 0 spiro atoms. The molecule has 0 radical (unpaired) electrons. The predicted octanol–water partition coefficient (Wildman–Crippen LogP) is 2.64. The van der Waals surface area contributed by atoms with E-state index in [9.17, 15) is 14.0 Å². The standard InChI is InChI=1S/C12H10BrFO4/c13-9-4-7(14)3-8(10(15)12(16)17)11(9)18-5-6-1-2-6/h3-4,6H,1-2,5H2,(H,16,17). The van der Waals surface area contributed by atoms with Gasteiger partial charge in [-0.3, -0.25) is 4.79 Å². The predicted molar refractivity (Wildman–Crippen MR) is 64.3 cm³/mol. The maximum atomic E-state index is 13.2. The van der Waals surface area contributed by atoms with Crippen LogP contribution in [0.15, 0.2) is 16.6 Å². The van der Waals surface area contributed by atoms with Gasteiger partial charge in [0.05, 0.1) is 16.6 Å². The van der Waals surface area contributed by atoms with Crippen molar-refractivity contribution >= 4 is 27.7 Å². The molecule has 0 heterocycles. The van der Waals surface area contributed by atoms with Gasteiger partial charge in [0, 0.05) is 0 Å². The maximum absolute atomic E-state index is 13.2. The molecule has 0 bridgehead atoms. The van der Waals surface area contributed by atoms with E-state index < -0.39 is 17.6 Å². The second-order valence-electron chi connectivity index (χ2n) is 4.15. The summed E-state index contributed by atoms with van der Waals surface area (Å²) < 4.78 is 18.9. The van der Waals surface area contributed by atoms with Crippen molar-refractivity contribution in [3.63, 3.8) is 0 Å². The van der Waals surface area contributed by atoms with E-state index in [2.05, 4.69) is 15.9 Å². The summed E-state index contributed by atoms with van der Waals surface area (Å²) in [6, 6.07) is 2.02. The SMILES string of the molecule is O=C(O)C(=O)c1cc(F)cc(Br)c1OCC1CC1. The number of hydrogen-bond acceptors (Lipinski definition) is 3. The van der Waals surface area contributed by atoms with E-state index in [0.29, 0.717) is 12.5 Å². The molecule has 0 aliphatic heterocycles. The Bertz CT molecular complexity index is 511. The number of rotatable bonds is 5. The number of benzene rings is 1. The van der Waals surface area contributed by atoms with Gasteiger partial charge in [0.25, 0.3) is 5.78 Å². The Morgan fingerprint density at radius 1 is 1.44 bits per heavy atom. The minimum atomic E-state index is -1.64. The lowest BCUT2D eigenvalue weighted by Crippen LogP contribution is -2.15. The second-order valence-corrected chi connectivity index (χ2v) is 5.01. The minimum Gasteiger partial charge on any atom is -0.491 e. The van der Waals surface area contributed by atoms with Crippen LogP contribution in [0.3, 0.4) is 0 Å². The van der Waals surface area contributed by atoms with E-state index in [4.69, 9.17) is 9.84 Å². The van der Waals surface area contributed by atoms with Gasteiger partial charge in [-0.1, -0.05) is 0 Å². The molecule has 18 heavy (non-hydrogen) atoms. The highest BCUT2D eigenvalue weighted by Crippen LogP contribution is 2.34. The van der Waals surface area contributed by atoms with E-state index in [0.717, 1.165) is 25.0 Å². The Hall–Kier alpha value is -1.43. The topological polar surface area (TPSA) is 63.6 Å². The van der Waals surface area contributed by atoms with Gasteiger partial charge in [0.1, 0.15) is 11.6 Å². The normalized spacial score (nSPS) is 14.3. The Morgan fingerprint density at radius 2 is 2.11 bits per heavy atom. The number of Topliss-reactive ketones (excluding diaryl/α,β-unsaturated/α-hetero) is 1. The third-order valence-electron chi connectivity index (χ3n) is 2.61. The van der Waals surface area contributed by atoms with Crippen LogP contribution in [0.25, 0.3) is 0 Å². The first-order chi connectivity index (χ1) is 8.49. The first-order valence-electron chi connectivity index (χ1n) is 5.38. The molecule has 1 fully saturated rings. The first-order valence-corrected chi connectivity index (χ1v) is 6.18. The smallest absolute Gasteiger partial charge is 0.377 e. The highest BCUT2D eigenvalue weighted by atomic mass is 79.9. The van der Waals surface area contributed by atoms with Crippen molar-refractivity contribution in [2.75, 3.05) is 6.61 Å². The molecule has 0 amide bonds. The van der Waals surface area contributed by atoms with Crippen molar-refractivity contribution in [3.05, 3.63) is 28.0 Å². The molecular weight excluding hydrogens is 307 g/mol. The number of hydrogen-bond donors (Lipinski definition) is 1. The fourth-order valence-corrected chi connectivity index (χ4v) is 2.02. The van der Waals surface area contributed by atoms with Gasteiger partial charge in [-0.2, -0.15) is 0 Å². The summed E-state index contributed by atoms with van der Waals surface area (Å²) in [4.78, 5) is 22.1. The number of carboxylic acid groups (broad SMARTS) is 1. The first kappa shape index (κ1) is 13.0. The molecule has 1 saturated carbocycles. The molecule has 0 saturated heterocycles. The van der Waals surface area contributed by atoms with Crippen LogP contribution in [0.4, 0.5) is 4.39 Å². The number of carboxylic acids is 1. The van der Waals surface area contributed by atoms with Crippen molar-refractivity contribution in [2.24, 2.45) is 5.92 Å². The number of halogens is 2. The average Bonchev–Trinajstić information content (AvgIpc) is 3.09. The zero-order chi connectivity index (χ0) is 13.3. The second kappa shape index (κ2) is 5.06. The Balaban J connectivity index is 2.33. The van der Waals surface area contributed by atoms with E-state index in [1.165, 1.54) is 0 Å². The lowest BCUT2D eigenvalue weighted by molar-refractivity contribution is -0.131. The monoisotopic (exact) mass is 316 g/mol. The molecule has 2 rings (SSSR count). The number of carbonyl (C=O) groups is 2. The molecule has 6 heteroatoms. The molecule has 1 aliphatic rings. The summed E-state index contributed by atoms with van der Waals surface area (Å²) in [5.74, 6) is -2.97. The van der Waals surface area contributed by atoms with Crippen LogP contribution < -0.4 is 4.74 Å². The Kier molecular flexibility index (Phi) is 3.65. The Morgan fingerprint density at radius 3 is 2.67 bits per heavy atom. The lowest BCUT2D eigenvalue weighted by atomic mass is 10.1. The fraction of sp³-hybridized carbons (Fsp3) is 0.333. The minimum absolute atomic E-state index is 0.0932. The summed E-state index contributed by atoms with van der Waals surface area (Å²) in [7, 11) is 0. The molecule has 1 aromatic carbocycles. The Labute approximate surface area is 111 Å². The third-order valence-corrected chi connectivity index (χ3v) is 3.20. The average molecular weight is 317 g/mol. The molecule has 0 atom stereocenters. The summed E-state index contributed by atoms with van der Waals surface area (Å²) in [6.07, 6.45) is 2.11. The number of aliphatic carboxylic acids is 1. The van der Waals surface area contributed by atoms with Crippen LogP contribution in [0.5, 0.6) is 5.75 Å². The molecule has 1 aromatic rings. The van der Waals surface area contributed by atoms with Crippen molar-refractivity contribution in [3.8, 4) is 5.75 Å². The van der Waals surface area contributed by atoms with Crippen molar-refractivity contribution in [1.82, 2.24) is 0 Å². The quantitative estimate of drug-likeness (QED) is 0.670. The van der Waals surface area contributed by atoms with E-state index in [1.54, 1.807) is 0 Å². The lowest BCUT2D eigenvalue weighted by Gasteiger charge is -2.11. The summed E-state index contributed by atoms with van der Waals surface area (Å²) >= 11 is 3.08. The van der Waals surface area contributed by atoms with Gasteiger partial charge in [0.2, 0.25) is 0 Å². The van der Waals surface area contributed by atoms with Crippen molar-refractivity contribution in [2.45, 2.75) is 12.8 Å². The maximum Gasteiger partial charge on any atom is 0.377 e. The van der Waals surface area contributed by atoms with Crippen LogP contribution in [0, 0.1) is 11.7 Å². The van der Waals surface area contributed by atoms with E-state index in [1.807, 2.05) is 0 Å². The molecule has 4 nitrogen and oxygen atoms in total. The van der Waals surface area contributed by atoms with Crippen molar-refractivity contribution in [1.29, 1.82) is 0 Å².